The molecule has 0 spiro atoms. The Kier molecular flexibility index (Phi) is 18.3. The Morgan fingerprint density at radius 2 is 0.745 bits per heavy atom. The molecule has 0 amide bonds. The molecule has 3 aromatic rings. The van der Waals surface area contributed by atoms with Gasteiger partial charge in [-0.25, -0.2) is 0 Å². The van der Waals surface area contributed by atoms with E-state index in [-0.39, 0.29) is 18.3 Å². The number of rotatable bonds is 10. The number of hydrogen-bond donors (Lipinski definition) is 0. The molecular formula is C44H78O3. The van der Waals surface area contributed by atoms with Crippen molar-refractivity contribution in [3.8, 4) is 0 Å². The summed E-state index contributed by atoms with van der Waals surface area (Å²) in [6.07, 6.45) is 6.90. The maximum absolute atomic E-state index is 5.78. The maximum atomic E-state index is 5.78. The van der Waals surface area contributed by atoms with E-state index in [1.165, 1.54) is 16.7 Å². The van der Waals surface area contributed by atoms with Crippen LogP contribution in [0, 0.1) is 28.6 Å². The topological polar surface area (TPSA) is 39.4 Å². The maximum Gasteiger partial charge on any atom is 0.107 e. The van der Waals surface area contributed by atoms with Crippen molar-refractivity contribution in [2.45, 2.75) is 181 Å². The SMILES string of the molecule is C.CC(C)c1coc([C@H](C(C)C)C(C)(C)C)c1.CC(C)c1coc([C@H](C(C)C)C(C)(C)C)c1.CC[C@H](c1cc(C(C)C)co1)C(C)C. The van der Waals surface area contributed by atoms with E-state index in [0.717, 1.165) is 23.7 Å². The summed E-state index contributed by atoms with van der Waals surface area (Å²) >= 11 is 0. The Morgan fingerprint density at radius 1 is 0.468 bits per heavy atom. The minimum absolute atomic E-state index is 0. The fourth-order valence-corrected chi connectivity index (χ4v) is 7.05. The van der Waals surface area contributed by atoms with E-state index < -0.39 is 0 Å². The molecule has 0 bridgehead atoms. The van der Waals surface area contributed by atoms with Gasteiger partial charge < -0.3 is 13.3 Å². The summed E-state index contributed by atoms with van der Waals surface area (Å²) in [4.78, 5) is 0. The highest BCUT2D eigenvalue weighted by Gasteiger charge is 2.32. The fourth-order valence-electron chi connectivity index (χ4n) is 7.05. The Morgan fingerprint density at radius 3 is 0.936 bits per heavy atom. The van der Waals surface area contributed by atoms with E-state index in [9.17, 15) is 0 Å². The summed E-state index contributed by atoms with van der Waals surface area (Å²) < 4.78 is 17.2. The second kappa shape index (κ2) is 19.1. The molecule has 0 saturated carbocycles. The average Bonchev–Trinajstić information content (AvgIpc) is 3.64. The van der Waals surface area contributed by atoms with Crippen molar-refractivity contribution in [2.75, 3.05) is 0 Å². The van der Waals surface area contributed by atoms with Gasteiger partial charge in [-0.1, -0.05) is 139 Å². The van der Waals surface area contributed by atoms with Gasteiger partial charge in [0.05, 0.1) is 18.8 Å². The van der Waals surface area contributed by atoms with Crippen LogP contribution in [0.25, 0.3) is 0 Å². The second-order valence-electron chi connectivity index (χ2n) is 17.7. The number of hydrogen-bond acceptors (Lipinski definition) is 3. The van der Waals surface area contributed by atoms with Crippen LogP contribution in [0.2, 0.25) is 0 Å². The molecule has 3 nitrogen and oxygen atoms in total. The van der Waals surface area contributed by atoms with Crippen LogP contribution < -0.4 is 0 Å². The van der Waals surface area contributed by atoms with Crippen LogP contribution in [0.15, 0.2) is 50.2 Å². The lowest BCUT2D eigenvalue weighted by atomic mass is 9.73. The van der Waals surface area contributed by atoms with Gasteiger partial charge in [-0.05, 0) is 87.6 Å². The minimum atomic E-state index is 0. The second-order valence-corrected chi connectivity index (χ2v) is 17.7. The van der Waals surface area contributed by atoms with Gasteiger partial charge in [0.15, 0.2) is 0 Å². The molecule has 0 aliphatic carbocycles. The van der Waals surface area contributed by atoms with Crippen molar-refractivity contribution >= 4 is 0 Å². The summed E-state index contributed by atoms with van der Waals surface area (Å²) in [6, 6.07) is 6.69. The highest BCUT2D eigenvalue weighted by Crippen LogP contribution is 2.43. The van der Waals surface area contributed by atoms with E-state index in [1.807, 2.05) is 18.8 Å². The van der Waals surface area contributed by atoms with Crippen molar-refractivity contribution in [1.29, 1.82) is 0 Å². The van der Waals surface area contributed by atoms with E-state index in [2.05, 4.69) is 150 Å². The van der Waals surface area contributed by atoms with Gasteiger partial charge in [0, 0.05) is 17.8 Å². The van der Waals surface area contributed by atoms with Crippen LogP contribution in [0.4, 0.5) is 0 Å². The molecule has 3 heteroatoms. The molecule has 0 unspecified atom stereocenters. The van der Waals surface area contributed by atoms with Crippen molar-refractivity contribution in [1.82, 2.24) is 0 Å². The standard InChI is InChI=1S/2C15H26O.C13H22O.CH4/c2*1-10(2)12-8-13(16-9-12)14(11(3)4)15(5,6)7;1-6-12(10(4)5)13-7-11(8-14-13)9(2)3;/h2*8-11,14H,1-7H3;7-10,12H,6H2,1-5H3;1H4/t2*14-;12-;/m000./s1. The van der Waals surface area contributed by atoms with Crippen molar-refractivity contribution < 1.29 is 13.3 Å². The molecule has 0 N–H and O–H groups in total. The predicted molar refractivity (Wildman–Crippen MR) is 207 cm³/mol. The van der Waals surface area contributed by atoms with Crippen LogP contribution in [-0.4, -0.2) is 0 Å². The first kappa shape index (κ1) is 44.8. The van der Waals surface area contributed by atoms with Crippen LogP contribution in [0.1, 0.15) is 215 Å². The quantitative estimate of drug-likeness (QED) is 0.218. The van der Waals surface area contributed by atoms with Gasteiger partial charge >= 0.3 is 0 Å². The Labute approximate surface area is 293 Å². The molecule has 272 valence electrons. The minimum Gasteiger partial charge on any atom is -0.469 e. The first-order valence-electron chi connectivity index (χ1n) is 18.3. The van der Waals surface area contributed by atoms with Gasteiger partial charge in [-0.15, -0.1) is 0 Å². The summed E-state index contributed by atoms with van der Waals surface area (Å²) in [7, 11) is 0. The highest BCUT2D eigenvalue weighted by atomic mass is 16.3. The summed E-state index contributed by atoms with van der Waals surface area (Å²) in [5.41, 5.74) is 4.44. The van der Waals surface area contributed by atoms with E-state index in [4.69, 9.17) is 13.3 Å². The molecule has 3 atom stereocenters. The van der Waals surface area contributed by atoms with Gasteiger partial charge in [-0.2, -0.15) is 0 Å². The normalized spacial score (nSPS) is 14.2. The van der Waals surface area contributed by atoms with Gasteiger partial charge in [0.1, 0.15) is 17.3 Å². The third kappa shape index (κ3) is 13.7. The van der Waals surface area contributed by atoms with Gasteiger partial charge in [0.25, 0.3) is 0 Å². The third-order valence-corrected chi connectivity index (χ3v) is 9.34. The summed E-state index contributed by atoms with van der Waals surface area (Å²) in [5.74, 6) is 8.52. The predicted octanol–water partition coefficient (Wildman–Crippen LogP) is 15.6. The molecule has 0 saturated heterocycles. The molecule has 47 heavy (non-hydrogen) atoms. The Hall–Kier alpha value is -2.16. The lowest BCUT2D eigenvalue weighted by molar-refractivity contribution is 0.224. The van der Waals surface area contributed by atoms with Crippen molar-refractivity contribution in [3.05, 3.63) is 71.0 Å². The van der Waals surface area contributed by atoms with Crippen LogP contribution in [0.3, 0.4) is 0 Å². The smallest absolute Gasteiger partial charge is 0.107 e. The van der Waals surface area contributed by atoms with Crippen molar-refractivity contribution in [3.63, 3.8) is 0 Å². The molecule has 3 rings (SSSR count). The molecule has 3 aromatic heterocycles. The van der Waals surface area contributed by atoms with Crippen LogP contribution in [-0.2, 0) is 0 Å². The Balaban J connectivity index is 0.000000670. The summed E-state index contributed by atoms with van der Waals surface area (Å²) in [5, 5.41) is 0. The number of furan rings is 3. The van der Waals surface area contributed by atoms with E-state index in [0.29, 0.717) is 53.3 Å². The highest BCUT2D eigenvalue weighted by molar-refractivity contribution is 5.22. The molecule has 0 radical (unpaired) electrons. The lowest BCUT2D eigenvalue weighted by Crippen LogP contribution is -2.22. The molecule has 0 aliphatic heterocycles. The van der Waals surface area contributed by atoms with E-state index in [1.54, 1.807) is 0 Å². The summed E-state index contributed by atoms with van der Waals surface area (Å²) in [6.45, 7) is 42.8. The first-order valence-corrected chi connectivity index (χ1v) is 18.3. The molecule has 0 aliphatic rings. The molecule has 0 fully saturated rings. The molecular weight excluding hydrogens is 576 g/mol. The van der Waals surface area contributed by atoms with Gasteiger partial charge in [0.2, 0.25) is 0 Å². The zero-order valence-corrected chi connectivity index (χ0v) is 33.6. The monoisotopic (exact) mass is 655 g/mol. The van der Waals surface area contributed by atoms with Crippen LogP contribution >= 0.6 is 0 Å². The lowest BCUT2D eigenvalue weighted by Gasteiger charge is -2.32. The molecule has 0 aromatic carbocycles. The fraction of sp³-hybridized carbons (Fsp3) is 0.727. The van der Waals surface area contributed by atoms with Crippen LogP contribution in [0.5, 0.6) is 0 Å². The zero-order valence-electron chi connectivity index (χ0n) is 33.6. The first-order chi connectivity index (χ1) is 21.0. The largest absolute Gasteiger partial charge is 0.469 e. The molecule has 3 heterocycles. The zero-order chi connectivity index (χ0) is 35.7. The third-order valence-electron chi connectivity index (χ3n) is 9.34. The van der Waals surface area contributed by atoms with Crippen molar-refractivity contribution in [2.24, 2.45) is 28.6 Å². The average molecular weight is 655 g/mol. The Bertz CT molecular complexity index is 1160. The van der Waals surface area contributed by atoms with E-state index >= 15 is 0 Å². The van der Waals surface area contributed by atoms with Gasteiger partial charge in [-0.3, -0.25) is 0 Å².